The molecule has 0 saturated heterocycles. The molecule has 0 aliphatic carbocycles. The molecule has 0 aromatic heterocycles. The maximum Gasteiger partial charge on any atom is 0.333 e. The summed E-state index contributed by atoms with van der Waals surface area (Å²) in [6.07, 6.45) is 0. The smallest absolute Gasteiger partial charge is 0.333 e. The molecule has 1 N–H and O–H groups in total. The van der Waals surface area contributed by atoms with Crippen LogP contribution >= 0.6 is 0 Å². The zero-order chi connectivity index (χ0) is 8.85. The number of hydrogen-bond acceptors (Lipinski definition) is 3. The van der Waals surface area contributed by atoms with Crippen molar-refractivity contribution in [1.82, 2.24) is 0 Å². The molecule has 0 rings (SSSR count). The average molecular weight is 158 g/mol. The van der Waals surface area contributed by atoms with Crippen molar-refractivity contribution >= 4 is 5.97 Å². The Morgan fingerprint density at radius 1 is 1.45 bits per heavy atom. The van der Waals surface area contributed by atoms with Crippen molar-refractivity contribution in [3.63, 3.8) is 0 Å². The quantitative estimate of drug-likeness (QED) is 0.490. The molecule has 0 radical (unpaired) electrons. The van der Waals surface area contributed by atoms with Crippen molar-refractivity contribution in [2.75, 3.05) is 13.2 Å². The minimum Gasteiger partial charge on any atom is -0.463 e. The second-order valence-corrected chi connectivity index (χ2v) is 2.28. The summed E-state index contributed by atoms with van der Waals surface area (Å²) in [5.41, 5.74) is 1.15. The topological polar surface area (TPSA) is 46.5 Å². The molecule has 0 aliphatic rings. The Balaban J connectivity index is 4.22. The van der Waals surface area contributed by atoms with E-state index in [0.29, 0.717) is 17.8 Å². The Hall–Kier alpha value is -0.830. The minimum atomic E-state index is -0.348. The van der Waals surface area contributed by atoms with Gasteiger partial charge in [0, 0.05) is 5.57 Å². The summed E-state index contributed by atoms with van der Waals surface area (Å²) in [7, 11) is 0. The predicted octanol–water partition coefficient (Wildman–Crippen LogP) is 0.878. The molecule has 0 fully saturated rings. The van der Waals surface area contributed by atoms with Gasteiger partial charge < -0.3 is 9.84 Å². The van der Waals surface area contributed by atoms with Crippen LogP contribution in [0.3, 0.4) is 0 Å². The van der Waals surface area contributed by atoms with Crippen molar-refractivity contribution in [3.05, 3.63) is 11.1 Å². The first kappa shape index (κ1) is 10.2. The molecule has 0 spiro atoms. The predicted molar refractivity (Wildman–Crippen MR) is 42.1 cm³/mol. The third kappa shape index (κ3) is 3.18. The van der Waals surface area contributed by atoms with Gasteiger partial charge in [0.05, 0.1) is 13.2 Å². The number of ether oxygens (including phenoxy) is 1. The Bertz CT molecular complexity index is 170. The molecular formula is C8H14O3. The second-order valence-electron chi connectivity index (χ2n) is 2.28. The Morgan fingerprint density at radius 3 is 2.36 bits per heavy atom. The van der Waals surface area contributed by atoms with E-state index in [1.165, 1.54) is 0 Å². The van der Waals surface area contributed by atoms with E-state index < -0.39 is 0 Å². The first-order valence-corrected chi connectivity index (χ1v) is 3.57. The van der Waals surface area contributed by atoms with Crippen LogP contribution < -0.4 is 0 Å². The number of rotatable bonds is 3. The highest BCUT2D eigenvalue weighted by Crippen LogP contribution is 2.03. The Morgan fingerprint density at radius 2 is 2.00 bits per heavy atom. The molecule has 0 unspecified atom stereocenters. The lowest BCUT2D eigenvalue weighted by Gasteiger charge is -2.03. The highest BCUT2D eigenvalue weighted by Gasteiger charge is 2.06. The molecule has 3 nitrogen and oxygen atoms in total. The van der Waals surface area contributed by atoms with E-state index in [2.05, 4.69) is 0 Å². The first-order valence-electron chi connectivity index (χ1n) is 3.57. The highest BCUT2D eigenvalue weighted by molar-refractivity contribution is 5.88. The largest absolute Gasteiger partial charge is 0.463 e. The van der Waals surface area contributed by atoms with Crippen LogP contribution in [0.4, 0.5) is 0 Å². The van der Waals surface area contributed by atoms with Crippen LogP contribution in [0.5, 0.6) is 0 Å². The standard InChI is InChI=1S/C8H14O3/c1-4-11-8(10)7(3)6(2)5-9/h9H,4-5H2,1-3H3. The van der Waals surface area contributed by atoms with E-state index in [1.807, 2.05) is 0 Å². The summed E-state index contributed by atoms with van der Waals surface area (Å²) in [5.74, 6) is -0.348. The van der Waals surface area contributed by atoms with Gasteiger partial charge in [-0.2, -0.15) is 0 Å². The van der Waals surface area contributed by atoms with Crippen LogP contribution in [0, 0.1) is 0 Å². The van der Waals surface area contributed by atoms with Gasteiger partial charge in [0.15, 0.2) is 0 Å². The average Bonchev–Trinajstić information content (AvgIpc) is 2.02. The van der Waals surface area contributed by atoms with Gasteiger partial charge in [-0.05, 0) is 26.3 Å². The zero-order valence-corrected chi connectivity index (χ0v) is 7.18. The van der Waals surface area contributed by atoms with Crippen molar-refractivity contribution in [2.24, 2.45) is 0 Å². The molecule has 0 saturated carbocycles. The van der Waals surface area contributed by atoms with E-state index in [9.17, 15) is 4.79 Å². The van der Waals surface area contributed by atoms with Gasteiger partial charge >= 0.3 is 5.97 Å². The molecular weight excluding hydrogens is 144 g/mol. The van der Waals surface area contributed by atoms with Crippen molar-refractivity contribution < 1.29 is 14.6 Å². The van der Waals surface area contributed by atoms with E-state index in [0.717, 1.165) is 0 Å². The summed E-state index contributed by atoms with van der Waals surface area (Å²) in [4.78, 5) is 11.0. The van der Waals surface area contributed by atoms with E-state index in [4.69, 9.17) is 9.84 Å². The lowest BCUT2D eigenvalue weighted by atomic mass is 10.2. The third-order valence-electron chi connectivity index (χ3n) is 1.46. The van der Waals surface area contributed by atoms with Crippen LogP contribution in [-0.2, 0) is 9.53 Å². The molecule has 3 heteroatoms. The van der Waals surface area contributed by atoms with Crippen molar-refractivity contribution in [1.29, 1.82) is 0 Å². The van der Waals surface area contributed by atoms with Crippen molar-refractivity contribution in [3.8, 4) is 0 Å². The van der Waals surface area contributed by atoms with Crippen LogP contribution in [-0.4, -0.2) is 24.3 Å². The fraction of sp³-hybridized carbons (Fsp3) is 0.625. The SMILES string of the molecule is CCOC(=O)C(C)=C(C)CO. The second kappa shape index (κ2) is 4.91. The van der Waals surface area contributed by atoms with Crippen LogP contribution in [0.1, 0.15) is 20.8 Å². The van der Waals surface area contributed by atoms with Gasteiger partial charge in [-0.1, -0.05) is 0 Å². The molecule has 0 aliphatic heterocycles. The molecule has 0 heterocycles. The Labute approximate surface area is 66.7 Å². The maximum absolute atomic E-state index is 11.0. The van der Waals surface area contributed by atoms with Gasteiger partial charge in [0.1, 0.15) is 0 Å². The molecule has 0 bridgehead atoms. The zero-order valence-electron chi connectivity index (χ0n) is 7.18. The van der Waals surface area contributed by atoms with Gasteiger partial charge in [0.25, 0.3) is 0 Å². The monoisotopic (exact) mass is 158 g/mol. The Kier molecular flexibility index (Phi) is 4.54. The summed E-state index contributed by atoms with van der Waals surface area (Å²) in [5, 5.41) is 8.66. The van der Waals surface area contributed by atoms with Gasteiger partial charge in [0.2, 0.25) is 0 Å². The van der Waals surface area contributed by atoms with Crippen LogP contribution in [0.15, 0.2) is 11.1 Å². The molecule has 0 atom stereocenters. The van der Waals surface area contributed by atoms with Gasteiger partial charge in [-0.25, -0.2) is 4.79 Å². The lowest BCUT2D eigenvalue weighted by molar-refractivity contribution is -0.138. The summed E-state index contributed by atoms with van der Waals surface area (Å²) < 4.78 is 4.72. The minimum absolute atomic E-state index is 0.0926. The van der Waals surface area contributed by atoms with Crippen molar-refractivity contribution in [2.45, 2.75) is 20.8 Å². The fourth-order valence-electron chi connectivity index (χ4n) is 0.532. The summed E-state index contributed by atoms with van der Waals surface area (Å²) in [6.45, 7) is 5.37. The molecule has 11 heavy (non-hydrogen) atoms. The number of hydrogen-bond donors (Lipinski definition) is 1. The molecule has 0 aromatic carbocycles. The normalized spacial score (nSPS) is 12.4. The van der Waals surface area contributed by atoms with E-state index >= 15 is 0 Å². The van der Waals surface area contributed by atoms with Crippen LogP contribution in [0.25, 0.3) is 0 Å². The fourth-order valence-corrected chi connectivity index (χ4v) is 0.532. The summed E-state index contributed by atoms with van der Waals surface area (Å²) in [6, 6.07) is 0. The number of carbonyl (C=O) groups excluding carboxylic acids is 1. The van der Waals surface area contributed by atoms with E-state index in [1.54, 1.807) is 20.8 Å². The molecule has 0 aromatic rings. The maximum atomic E-state index is 11.0. The first-order chi connectivity index (χ1) is 5.13. The van der Waals surface area contributed by atoms with Gasteiger partial charge in [-0.3, -0.25) is 0 Å². The lowest BCUT2D eigenvalue weighted by Crippen LogP contribution is -2.08. The molecule has 0 amide bonds. The number of carbonyl (C=O) groups is 1. The molecule has 64 valence electrons. The third-order valence-corrected chi connectivity index (χ3v) is 1.46. The van der Waals surface area contributed by atoms with Crippen LogP contribution in [0.2, 0.25) is 0 Å². The highest BCUT2D eigenvalue weighted by atomic mass is 16.5. The number of esters is 1. The summed E-state index contributed by atoms with van der Waals surface area (Å²) >= 11 is 0. The number of aliphatic hydroxyl groups excluding tert-OH is 1. The van der Waals surface area contributed by atoms with Gasteiger partial charge in [-0.15, -0.1) is 0 Å². The number of aliphatic hydroxyl groups is 1. The van der Waals surface area contributed by atoms with E-state index in [-0.39, 0.29) is 12.6 Å².